The molecular weight excluding hydrogens is 281 g/mol. The van der Waals surface area contributed by atoms with E-state index in [4.69, 9.17) is 22.3 Å². The summed E-state index contributed by atoms with van der Waals surface area (Å²) in [7, 11) is 1.49. The van der Waals surface area contributed by atoms with Crippen LogP contribution in [-0.4, -0.2) is 26.4 Å². The molecule has 1 rings (SSSR count). The zero-order valence-electron chi connectivity index (χ0n) is 9.78. The molecule has 1 aromatic carbocycles. The van der Waals surface area contributed by atoms with Crippen molar-refractivity contribution >= 4 is 31.3 Å². The van der Waals surface area contributed by atoms with Crippen molar-refractivity contribution in [3.05, 3.63) is 28.8 Å². The first-order chi connectivity index (χ1) is 7.88. The van der Waals surface area contributed by atoms with Crippen molar-refractivity contribution in [1.29, 1.82) is 0 Å². The van der Waals surface area contributed by atoms with Crippen LogP contribution in [0.3, 0.4) is 0 Å². The molecule has 96 valence electrons. The molecular formula is C11H15Cl2NO2S. The number of hydrogen-bond acceptors (Lipinski definition) is 3. The van der Waals surface area contributed by atoms with Gasteiger partial charge in [-0.25, -0.2) is 8.42 Å². The molecule has 0 heterocycles. The van der Waals surface area contributed by atoms with Gasteiger partial charge in [-0.3, -0.25) is 4.90 Å². The number of benzene rings is 1. The number of rotatable bonds is 5. The van der Waals surface area contributed by atoms with E-state index in [0.717, 1.165) is 25.2 Å². The summed E-state index contributed by atoms with van der Waals surface area (Å²) in [6, 6.07) is 4.83. The van der Waals surface area contributed by atoms with E-state index in [-0.39, 0.29) is 9.92 Å². The van der Waals surface area contributed by atoms with Gasteiger partial charge in [-0.1, -0.05) is 31.5 Å². The molecule has 0 aliphatic rings. The summed E-state index contributed by atoms with van der Waals surface area (Å²) in [5.41, 5.74) is 0.975. The second kappa shape index (κ2) is 6.05. The smallest absolute Gasteiger partial charge is 0.262 e. The van der Waals surface area contributed by atoms with E-state index < -0.39 is 9.05 Å². The molecule has 0 fully saturated rings. The normalized spacial score (nSPS) is 12.1. The maximum Gasteiger partial charge on any atom is 0.262 e. The third-order valence-corrected chi connectivity index (χ3v) is 4.36. The van der Waals surface area contributed by atoms with Crippen LogP contribution >= 0.6 is 22.3 Å². The minimum Gasteiger partial charge on any atom is -0.300 e. The predicted molar refractivity (Wildman–Crippen MR) is 71.1 cm³/mol. The quantitative estimate of drug-likeness (QED) is 0.783. The van der Waals surface area contributed by atoms with Gasteiger partial charge in [0.2, 0.25) is 0 Å². The largest absolute Gasteiger partial charge is 0.300 e. The highest BCUT2D eigenvalue weighted by Gasteiger charge is 2.15. The summed E-state index contributed by atoms with van der Waals surface area (Å²) in [5, 5.41) is 0.171. The Balaban J connectivity index is 2.97. The molecule has 1 aromatic rings. The summed E-state index contributed by atoms with van der Waals surface area (Å²) in [6.07, 6.45) is 0. The molecule has 3 nitrogen and oxygen atoms in total. The van der Waals surface area contributed by atoms with Crippen LogP contribution in [0.1, 0.15) is 19.4 Å². The van der Waals surface area contributed by atoms with Gasteiger partial charge in [-0.05, 0) is 30.8 Å². The number of hydrogen-bond donors (Lipinski definition) is 0. The second-order valence-electron chi connectivity index (χ2n) is 3.66. The van der Waals surface area contributed by atoms with Crippen LogP contribution in [0.25, 0.3) is 0 Å². The molecule has 0 aliphatic carbocycles. The maximum atomic E-state index is 11.2. The first-order valence-corrected chi connectivity index (χ1v) is 8.02. The van der Waals surface area contributed by atoms with E-state index in [1.807, 2.05) is 0 Å². The first kappa shape index (κ1) is 14.8. The van der Waals surface area contributed by atoms with Gasteiger partial charge in [0.1, 0.15) is 4.90 Å². The van der Waals surface area contributed by atoms with Gasteiger partial charge in [0.15, 0.2) is 0 Å². The standard InChI is InChI=1S/C11H15Cl2NO2S/c1-3-14(4-2)8-9-5-6-11(10(12)7-9)17(13,15)16/h5-7H,3-4,8H2,1-2H3. The average molecular weight is 296 g/mol. The van der Waals surface area contributed by atoms with E-state index >= 15 is 0 Å². The van der Waals surface area contributed by atoms with Crippen molar-refractivity contribution in [2.24, 2.45) is 0 Å². The monoisotopic (exact) mass is 295 g/mol. The second-order valence-corrected chi connectivity index (χ2v) is 6.61. The van der Waals surface area contributed by atoms with Crippen LogP contribution in [0, 0.1) is 0 Å². The van der Waals surface area contributed by atoms with Crippen LogP contribution in [0.4, 0.5) is 0 Å². The third kappa shape index (κ3) is 4.14. The lowest BCUT2D eigenvalue weighted by atomic mass is 10.2. The van der Waals surface area contributed by atoms with E-state index in [1.54, 1.807) is 12.1 Å². The van der Waals surface area contributed by atoms with E-state index in [0.29, 0.717) is 0 Å². The van der Waals surface area contributed by atoms with Crippen molar-refractivity contribution in [2.45, 2.75) is 25.3 Å². The molecule has 0 saturated carbocycles. The summed E-state index contributed by atoms with van der Waals surface area (Å²) in [5.74, 6) is 0. The molecule has 0 amide bonds. The third-order valence-electron chi connectivity index (χ3n) is 2.56. The lowest BCUT2D eigenvalue weighted by molar-refractivity contribution is 0.296. The number of nitrogens with zero attached hydrogens (tertiary/aromatic N) is 1. The van der Waals surface area contributed by atoms with Crippen LogP contribution in [0.2, 0.25) is 5.02 Å². The van der Waals surface area contributed by atoms with Crippen molar-refractivity contribution in [3.8, 4) is 0 Å². The molecule has 17 heavy (non-hydrogen) atoms. The zero-order chi connectivity index (χ0) is 13.1. The molecule has 0 N–H and O–H groups in total. The summed E-state index contributed by atoms with van der Waals surface area (Å²) < 4.78 is 22.3. The molecule has 0 spiro atoms. The lowest BCUT2D eigenvalue weighted by Crippen LogP contribution is -2.22. The summed E-state index contributed by atoms with van der Waals surface area (Å²) >= 11 is 5.90. The Labute approximate surface area is 112 Å². The minimum absolute atomic E-state index is 0.0378. The summed E-state index contributed by atoms with van der Waals surface area (Å²) in [6.45, 7) is 6.76. The predicted octanol–water partition coefficient (Wildman–Crippen LogP) is 3.11. The molecule has 0 aliphatic heterocycles. The Morgan fingerprint density at radius 2 is 1.82 bits per heavy atom. The highest BCUT2D eigenvalue weighted by molar-refractivity contribution is 8.13. The Bertz CT molecular complexity index is 484. The number of halogens is 2. The van der Waals surface area contributed by atoms with Gasteiger partial charge in [0.05, 0.1) is 5.02 Å². The first-order valence-electron chi connectivity index (χ1n) is 5.34. The van der Waals surface area contributed by atoms with Crippen molar-refractivity contribution in [2.75, 3.05) is 13.1 Å². The van der Waals surface area contributed by atoms with Gasteiger partial charge < -0.3 is 0 Å². The summed E-state index contributed by atoms with van der Waals surface area (Å²) in [4.78, 5) is 2.17. The Kier molecular flexibility index (Phi) is 5.25. The minimum atomic E-state index is -3.76. The SMILES string of the molecule is CCN(CC)Cc1ccc(S(=O)(=O)Cl)c(Cl)c1. The maximum absolute atomic E-state index is 11.2. The van der Waals surface area contributed by atoms with E-state index in [1.165, 1.54) is 6.07 Å². The van der Waals surface area contributed by atoms with E-state index in [9.17, 15) is 8.42 Å². The van der Waals surface area contributed by atoms with Gasteiger partial charge >= 0.3 is 0 Å². The fourth-order valence-electron chi connectivity index (χ4n) is 1.55. The molecule has 0 atom stereocenters. The molecule has 0 saturated heterocycles. The molecule has 6 heteroatoms. The zero-order valence-corrected chi connectivity index (χ0v) is 12.1. The van der Waals surface area contributed by atoms with Crippen molar-refractivity contribution in [3.63, 3.8) is 0 Å². The van der Waals surface area contributed by atoms with Crippen LogP contribution in [0.5, 0.6) is 0 Å². The Morgan fingerprint density at radius 3 is 2.24 bits per heavy atom. The highest BCUT2D eigenvalue weighted by Crippen LogP contribution is 2.26. The van der Waals surface area contributed by atoms with Gasteiger partial charge in [-0.15, -0.1) is 0 Å². The highest BCUT2D eigenvalue weighted by atomic mass is 35.7. The molecule has 0 radical (unpaired) electrons. The van der Waals surface area contributed by atoms with Gasteiger partial charge in [0, 0.05) is 17.2 Å². The Morgan fingerprint density at radius 1 is 1.24 bits per heavy atom. The van der Waals surface area contributed by atoms with Crippen LogP contribution in [0.15, 0.2) is 23.1 Å². The van der Waals surface area contributed by atoms with Crippen LogP contribution in [-0.2, 0) is 15.6 Å². The molecule has 0 unspecified atom stereocenters. The topological polar surface area (TPSA) is 37.4 Å². The molecule has 0 aromatic heterocycles. The van der Waals surface area contributed by atoms with Crippen LogP contribution < -0.4 is 0 Å². The van der Waals surface area contributed by atoms with Crippen molar-refractivity contribution < 1.29 is 8.42 Å². The lowest BCUT2D eigenvalue weighted by Gasteiger charge is -2.18. The average Bonchev–Trinajstić information content (AvgIpc) is 2.24. The van der Waals surface area contributed by atoms with Gasteiger partial charge in [-0.2, -0.15) is 0 Å². The van der Waals surface area contributed by atoms with Gasteiger partial charge in [0.25, 0.3) is 9.05 Å². The van der Waals surface area contributed by atoms with E-state index in [2.05, 4.69) is 18.7 Å². The molecule has 0 bridgehead atoms. The van der Waals surface area contributed by atoms with Crippen molar-refractivity contribution in [1.82, 2.24) is 4.90 Å². The Hall–Kier alpha value is -0.290. The fraction of sp³-hybridized carbons (Fsp3) is 0.455. The fourth-order valence-corrected chi connectivity index (χ4v) is 3.10.